The van der Waals surface area contributed by atoms with Crippen LogP contribution in [0, 0.1) is 11.8 Å². The quantitative estimate of drug-likeness (QED) is 0.780. The summed E-state index contributed by atoms with van der Waals surface area (Å²) in [6.45, 7) is 1.51. The minimum absolute atomic E-state index is 0.148. The number of carbonyl (C=O) groups excluding carboxylic acids is 1. The summed E-state index contributed by atoms with van der Waals surface area (Å²) in [5.41, 5.74) is 0. The lowest BCUT2D eigenvalue weighted by atomic mass is 9.92. The maximum atomic E-state index is 11.8. The largest absolute Gasteiger partial charge is 0.491 e. The van der Waals surface area contributed by atoms with Crippen molar-refractivity contribution in [2.75, 3.05) is 26.9 Å². The van der Waals surface area contributed by atoms with Crippen LogP contribution in [-0.4, -0.2) is 32.9 Å². The molecule has 2 rings (SSSR count). The Balaban J connectivity index is 2.00. The van der Waals surface area contributed by atoms with Gasteiger partial charge in [-0.2, -0.15) is 0 Å². The van der Waals surface area contributed by atoms with E-state index in [4.69, 9.17) is 25.8 Å². The van der Waals surface area contributed by atoms with Crippen LogP contribution in [0.5, 0.6) is 5.75 Å². The number of hydrogen-bond acceptors (Lipinski definition) is 4. The van der Waals surface area contributed by atoms with Crippen molar-refractivity contribution >= 4 is 17.6 Å². The highest BCUT2D eigenvalue weighted by Gasteiger charge is 2.33. The van der Waals surface area contributed by atoms with Gasteiger partial charge in [0.15, 0.2) is 0 Å². The summed E-state index contributed by atoms with van der Waals surface area (Å²) in [5.74, 6) is 0.151. The van der Waals surface area contributed by atoms with Crippen LogP contribution in [0.3, 0.4) is 0 Å². The number of ether oxygens (including phenoxy) is 3. The lowest BCUT2D eigenvalue weighted by molar-refractivity contribution is -0.148. The topological polar surface area (TPSA) is 44.8 Å². The molecular weight excluding hydrogens is 268 g/mol. The maximum absolute atomic E-state index is 11.8. The van der Waals surface area contributed by atoms with E-state index in [2.05, 4.69) is 0 Å². The molecule has 0 radical (unpaired) electrons. The van der Waals surface area contributed by atoms with Crippen molar-refractivity contribution in [2.24, 2.45) is 11.8 Å². The van der Waals surface area contributed by atoms with E-state index < -0.39 is 0 Å². The average molecular weight is 285 g/mol. The number of halogens is 1. The average Bonchev–Trinajstić information content (AvgIpc) is 2.94. The Hall–Kier alpha value is -1.26. The molecule has 1 aromatic carbocycles. The number of para-hydroxylation sites is 1. The van der Waals surface area contributed by atoms with E-state index in [1.54, 1.807) is 12.1 Å². The summed E-state index contributed by atoms with van der Waals surface area (Å²) < 4.78 is 15.8. The number of carbonyl (C=O) groups is 1. The molecule has 2 unspecified atom stereocenters. The van der Waals surface area contributed by atoms with Crippen LogP contribution in [0.25, 0.3) is 0 Å². The Kier molecular flexibility index (Phi) is 5.05. The van der Waals surface area contributed by atoms with Crippen LogP contribution in [0.15, 0.2) is 24.3 Å². The highest BCUT2D eigenvalue weighted by Crippen LogP contribution is 2.27. The van der Waals surface area contributed by atoms with Gasteiger partial charge in [0, 0.05) is 12.5 Å². The third-order valence-corrected chi connectivity index (χ3v) is 3.61. The number of benzene rings is 1. The maximum Gasteiger partial charge on any atom is 0.312 e. The first-order valence-electron chi connectivity index (χ1n) is 6.25. The summed E-state index contributed by atoms with van der Waals surface area (Å²) in [4.78, 5) is 11.8. The molecule has 1 heterocycles. The Labute approximate surface area is 117 Å². The number of methoxy groups -OCH3 is 1. The second-order valence-corrected chi connectivity index (χ2v) is 4.90. The molecule has 2 atom stereocenters. The molecule has 0 N–H and O–H groups in total. The molecule has 19 heavy (non-hydrogen) atoms. The van der Waals surface area contributed by atoms with Crippen LogP contribution < -0.4 is 4.74 Å². The summed E-state index contributed by atoms with van der Waals surface area (Å²) in [7, 11) is 1.39. The minimum atomic E-state index is -0.316. The van der Waals surface area contributed by atoms with Gasteiger partial charge >= 0.3 is 5.97 Å². The van der Waals surface area contributed by atoms with Crippen LogP contribution >= 0.6 is 11.6 Å². The fourth-order valence-corrected chi connectivity index (χ4v) is 2.35. The van der Waals surface area contributed by atoms with Gasteiger partial charge in [-0.05, 0) is 18.6 Å². The lowest BCUT2D eigenvalue weighted by Crippen LogP contribution is -2.31. The van der Waals surface area contributed by atoms with Gasteiger partial charge in [0.25, 0.3) is 0 Å². The first-order valence-corrected chi connectivity index (χ1v) is 6.63. The zero-order chi connectivity index (χ0) is 13.7. The normalized spacial score (nSPS) is 20.0. The second kappa shape index (κ2) is 6.78. The Morgan fingerprint density at radius 2 is 2.32 bits per heavy atom. The van der Waals surface area contributed by atoms with Gasteiger partial charge in [-0.25, -0.2) is 0 Å². The third kappa shape index (κ3) is 3.61. The van der Waals surface area contributed by atoms with E-state index in [-0.39, 0.29) is 24.4 Å². The van der Waals surface area contributed by atoms with Crippen molar-refractivity contribution in [1.29, 1.82) is 0 Å². The van der Waals surface area contributed by atoms with Gasteiger partial charge in [-0.3, -0.25) is 4.79 Å². The molecule has 0 amide bonds. The van der Waals surface area contributed by atoms with E-state index in [0.29, 0.717) is 24.0 Å². The third-order valence-electron chi connectivity index (χ3n) is 3.29. The fourth-order valence-electron chi connectivity index (χ4n) is 2.16. The monoisotopic (exact) mass is 284 g/mol. The molecule has 0 bridgehead atoms. The molecule has 4 nitrogen and oxygen atoms in total. The Morgan fingerprint density at radius 1 is 1.53 bits per heavy atom. The van der Waals surface area contributed by atoms with Crippen LogP contribution in [0.4, 0.5) is 0 Å². The van der Waals surface area contributed by atoms with Crippen molar-refractivity contribution in [3.8, 4) is 5.75 Å². The molecule has 0 aliphatic carbocycles. The van der Waals surface area contributed by atoms with Crippen molar-refractivity contribution < 1.29 is 19.0 Å². The van der Waals surface area contributed by atoms with Crippen LogP contribution in [0.2, 0.25) is 5.02 Å². The summed E-state index contributed by atoms with van der Waals surface area (Å²) in [6, 6.07) is 7.20. The van der Waals surface area contributed by atoms with Gasteiger partial charge in [0.1, 0.15) is 12.4 Å². The Bertz CT molecular complexity index is 429. The Morgan fingerprint density at radius 3 is 2.95 bits per heavy atom. The van der Waals surface area contributed by atoms with E-state index >= 15 is 0 Å². The first kappa shape index (κ1) is 14.2. The van der Waals surface area contributed by atoms with Gasteiger partial charge < -0.3 is 14.2 Å². The standard InChI is InChI=1S/C14H17ClO4/c1-17-14(16)11(10-6-7-18-8-10)9-19-13-5-3-2-4-12(13)15/h2-5,10-11H,6-9H2,1H3. The molecule has 0 aromatic heterocycles. The van der Waals surface area contributed by atoms with E-state index in [9.17, 15) is 4.79 Å². The summed E-state index contributed by atoms with van der Waals surface area (Å²) >= 11 is 6.01. The molecule has 0 saturated carbocycles. The van der Waals surface area contributed by atoms with Crippen LogP contribution in [-0.2, 0) is 14.3 Å². The fraction of sp³-hybridized carbons (Fsp3) is 0.500. The molecule has 104 valence electrons. The number of hydrogen-bond donors (Lipinski definition) is 0. The van der Waals surface area contributed by atoms with Crippen molar-refractivity contribution in [1.82, 2.24) is 0 Å². The molecule has 1 aromatic rings. The molecule has 1 saturated heterocycles. The predicted molar refractivity (Wildman–Crippen MR) is 71.4 cm³/mol. The van der Waals surface area contributed by atoms with Gasteiger partial charge in [-0.15, -0.1) is 0 Å². The predicted octanol–water partition coefficient (Wildman–Crippen LogP) is 2.54. The van der Waals surface area contributed by atoms with E-state index in [1.165, 1.54) is 7.11 Å². The van der Waals surface area contributed by atoms with Gasteiger partial charge in [0.05, 0.1) is 24.7 Å². The zero-order valence-corrected chi connectivity index (χ0v) is 11.6. The highest BCUT2D eigenvalue weighted by molar-refractivity contribution is 6.32. The number of esters is 1. The SMILES string of the molecule is COC(=O)C(COc1ccccc1Cl)C1CCOC1. The lowest BCUT2D eigenvalue weighted by Gasteiger charge is -2.20. The smallest absolute Gasteiger partial charge is 0.312 e. The molecule has 1 aliphatic heterocycles. The second-order valence-electron chi connectivity index (χ2n) is 4.49. The molecule has 1 aliphatic rings. The van der Waals surface area contributed by atoms with Crippen LogP contribution in [0.1, 0.15) is 6.42 Å². The minimum Gasteiger partial charge on any atom is -0.491 e. The van der Waals surface area contributed by atoms with Crippen molar-refractivity contribution in [2.45, 2.75) is 6.42 Å². The van der Waals surface area contributed by atoms with Crippen molar-refractivity contribution in [3.63, 3.8) is 0 Å². The molecule has 0 spiro atoms. The number of rotatable bonds is 5. The summed E-state index contributed by atoms with van der Waals surface area (Å²) in [6.07, 6.45) is 0.853. The molecule has 5 heteroatoms. The van der Waals surface area contributed by atoms with E-state index in [1.807, 2.05) is 12.1 Å². The highest BCUT2D eigenvalue weighted by atomic mass is 35.5. The first-order chi connectivity index (χ1) is 9.22. The molecule has 1 fully saturated rings. The zero-order valence-electron chi connectivity index (χ0n) is 10.8. The summed E-state index contributed by atoms with van der Waals surface area (Å²) in [5, 5.41) is 0.536. The van der Waals surface area contributed by atoms with Crippen molar-refractivity contribution in [3.05, 3.63) is 29.3 Å². The van der Waals surface area contributed by atoms with Gasteiger partial charge in [0.2, 0.25) is 0 Å². The van der Waals surface area contributed by atoms with E-state index in [0.717, 1.165) is 6.42 Å². The van der Waals surface area contributed by atoms with Gasteiger partial charge in [-0.1, -0.05) is 23.7 Å². The molecular formula is C14H17ClO4.